The van der Waals surface area contributed by atoms with Gasteiger partial charge in [0.25, 0.3) is 0 Å². The molecule has 110 valence electrons. The number of carboxylic acid groups (broad SMARTS) is 1. The van der Waals surface area contributed by atoms with Crippen molar-refractivity contribution in [2.24, 2.45) is 0 Å². The molecule has 2 aromatic rings. The summed E-state index contributed by atoms with van der Waals surface area (Å²) in [6.07, 6.45) is 1.81. The largest absolute Gasteiger partial charge is 0.476 e. The third-order valence-electron chi connectivity index (χ3n) is 2.79. The maximum absolute atomic E-state index is 11.9. The zero-order valence-corrected chi connectivity index (χ0v) is 13.8. The maximum Gasteiger partial charge on any atom is 0.360 e. The summed E-state index contributed by atoms with van der Waals surface area (Å²) >= 11 is 15.5. The molecule has 0 saturated heterocycles. The summed E-state index contributed by atoms with van der Waals surface area (Å²) in [5.41, 5.74) is -0.536. The number of aromatic carboxylic acids is 1. The van der Waals surface area contributed by atoms with Crippen LogP contribution in [0.15, 0.2) is 27.6 Å². The molecule has 0 fully saturated rings. The zero-order valence-electron chi connectivity index (χ0n) is 10.7. The predicted molar refractivity (Wildman–Crippen MR) is 83.9 cm³/mol. The monoisotopic (exact) mass is 390 g/mol. The van der Waals surface area contributed by atoms with Crippen molar-refractivity contribution < 1.29 is 9.90 Å². The molecule has 0 unspecified atom stereocenters. The lowest BCUT2D eigenvalue weighted by molar-refractivity contribution is 0.0686. The Hall–Kier alpha value is -1.37. The Morgan fingerprint density at radius 1 is 1.38 bits per heavy atom. The Bertz CT molecular complexity index is 766. The van der Waals surface area contributed by atoms with Crippen molar-refractivity contribution in [2.45, 2.75) is 13.3 Å². The fraction of sp³-hybridized carbons (Fsp3) is 0.154. The quantitative estimate of drug-likeness (QED) is 0.868. The Balaban J connectivity index is 2.79. The molecule has 1 aromatic heterocycles. The molecule has 0 amide bonds. The molecule has 21 heavy (non-hydrogen) atoms. The van der Waals surface area contributed by atoms with Crippen LogP contribution >= 0.6 is 39.1 Å². The SMILES string of the molecule is CCc1cn(-c2c(Cl)cc(Br)cc2Cl)nc(C(=O)O)c1=O. The van der Waals surface area contributed by atoms with Gasteiger partial charge in [0, 0.05) is 16.2 Å². The second-order valence-electron chi connectivity index (χ2n) is 4.15. The van der Waals surface area contributed by atoms with Gasteiger partial charge in [0.2, 0.25) is 11.1 Å². The molecule has 0 aliphatic heterocycles. The Morgan fingerprint density at radius 2 is 1.95 bits per heavy atom. The molecule has 1 N–H and O–H groups in total. The summed E-state index contributed by atoms with van der Waals surface area (Å²) in [6, 6.07) is 3.21. The maximum atomic E-state index is 11.9. The van der Waals surface area contributed by atoms with Crippen LogP contribution in [0.3, 0.4) is 0 Å². The number of carbonyl (C=O) groups is 1. The Morgan fingerprint density at radius 3 is 2.43 bits per heavy atom. The average molecular weight is 392 g/mol. The fourth-order valence-electron chi connectivity index (χ4n) is 1.80. The number of hydrogen-bond acceptors (Lipinski definition) is 3. The standard InChI is InChI=1S/C13H9BrCl2N2O3/c1-2-6-5-18(17-10(12(6)19)13(20)21)11-8(15)3-7(14)4-9(11)16/h3-5H,2H2,1H3,(H,20,21). The van der Waals surface area contributed by atoms with Crippen LogP contribution in [0, 0.1) is 0 Å². The molecular formula is C13H9BrCl2N2O3. The molecule has 5 nitrogen and oxygen atoms in total. The second kappa shape index (κ2) is 6.17. The van der Waals surface area contributed by atoms with E-state index in [-0.39, 0.29) is 10.0 Å². The van der Waals surface area contributed by atoms with Gasteiger partial charge in [0.15, 0.2) is 0 Å². The second-order valence-corrected chi connectivity index (χ2v) is 5.88. The molecule has 0 saturated carbocycles. The van der Waals surface area contributed by atoms with E-state index in [9.17, 15) is 9.59 Å². The molecule has 0 spiro atoms. The van der Waals surface area contributed by atoms with E-state index < -0.39 is 17.1 Å². The summed E-state index contributed by atoms with van der Waals surface area (Å²) < 4.78 is 1.90. The van der Waals surface area contributed by atoms with Gasteiger partial charge in [-0.15, -0.1) is 0 Å². The molecule has 8 heteroatoms. The molecule has 0 aliphatic carbocycles. The molecular weight excluding hydrogens is 383 g/mol. The van der Waals surface area contributed by atoms with Crippen molar-refractivity contribution in [3.63, 3.8) is 0 Å². The Labute approximate surface area is 138 Å². The highest BCUT2D eigenvalue weighted by Gasteiger charge is 2.18. The number of benzene rings is 1. The van der Waals surface area contributed by atoms with Crippen molar-refractivity contribution in [3.8, 4) is 5.69 Å². The smallest absolute Gasteiger partial charge is 0.360 e. The van der Waals surface area contributed by atoms with Gasteiger partial charge in [-0.2, -0.15) is 5.10 Å². The summed E-state index contributed by atoms with van der Waals surface area (Å²) in [5.74, 6) is -1.39. The number of rotatable bonds is 3. The zero-order chi connectivity index (χ0) is 15.7. The first kappa shape index (κ1) is 16.0. The number of halogens is 3. The number of carboxylic acids is 1. The molecule has 0 aliphatic rings. The van der Waals surface area contributed by atoms with Gasteiger partial charge in [-0.1, -0.05) is 46.1 Å². The molecule has 1 heterocycles. The van der Waals surface area contributed by atoms with Gasteiger partial charge in [0.1, 0.15) is 5.69 Å². The third kappa shape index (κ3) is 3.12. The lowest BCUT2D eigenvalue weighted by atomic mass is 10.2. The highest BCUT2D eigenvalue weighted by molar-refractivity contribution is 9.10. The van der Waals surface area contributed by atoms with Crippen LogP contribution in [-0.2, 0) is 6.42 Å². The molecule has 1 aromatic carbocycles. The molecule has 2 rings (SSSR count). The number of nitrogens with zero attached hydrogens (tertiary/aromatic N) is 2. The summed E-state index contributed by atoms with van der Waals surface area (Å²) in [4.78, 5) is 23.1. The van der Waals surface area contributed by atoms with Gasteiger partial charge < -0.3 is 5.11 Å². The fourth-order valence-corrected chi connectivity index (χ4v) is 3.18. The van der Waals surface area contributed by atoms with E-state index in [4.69, 9.17) is 28.3 Å². The first-order chi connectivity index (χ1) is 9.85. The van der Waals surface area contributed by atoms with E-state index in [0.29, 0.717) is 22.1 Å². The first-order valence-corrected chi connectivity index (χ1v) is 7.41. The van der Waals surface area contributed by atoms with Crippen molar-refractivity contribution in [1.82, 2.24) is 9.78 Å². The minimum absolute atomic E-state index is 0.281. The van der Waals surface area contributed by atoms with Crippen LogP contribution in [0.4, 0.5) is 0 Å². The molecule has 0 bridgehead atoms. The van der Waals surface area contributed by atoms with E-state index in [2.05, 4.69) is 21.0 Å². The predicted octanol–water partition coefficient (Wildman–Crippen LogP) is 3.56. The van der Waals surface area contributed by atoms with Crippen LogP contribution in [0.25, 0.3) is 5.69 Å². The van der Waals surface area contributed by atoms with E-state index in [1.165, 1.54) is 10.9 Å². The molecule has 0 radical (unpaired) electrons. The highest BCUT2D eigenvalue weighted by Crippen LogP contribution is 2.31. The third-order valence-corrected chi connectivity index (χ3v) is 3.82. The van der Waals surface area contributed by atoms with Crippen molar-refractivity contribution in [2.75, 3.05) is 0 Å². The minimum Gasteiger partial charge on any atom is -0.476 e. The van der Waals surface area contributed by atoms with Crippen LogP contribution in [-0.4, -0.2) is 20.9 Å². The van der Waals surface area contributed by atoms with Gasteiger partial charge in [-0.25, -0.2) is 9.48 Å². The van der Waals surface area contributed by atoms with E-state index in [1.807, 2.05) is 0 Å². The summed E-state index contributed by atoms with van der Waals surface area (Å²) in [5, 5.41) is 13.5. The van der Waals surface area contributed by atoms with E-state index >= 15 is 0 Å². The first-order valence-electron chi connectivity index (χ1n) is 5.86. The number of hydrogen-bond donors (Lipinski definition) is 1. The summed E-state index contributed by atoms with van der Waals surface area (Å²) in [7, 11) is 0. The Kier molecular flexibility index (Phi) is 4.70. The van der Waals surface area contributed by atoms with E-state index in [1.54, 1.807) is 19.1 Å². The van der Waals surface area contributed by atoms with Gasteiger partial charge in [0.05, 0.1) is 10.0 Å². The lowest BCUT2D eigenvalue weighted by Gasteiger charge is -2.12. The van der Waals surface area contributed by atoms with Crippen molar-refractivity contribution in [1.29, 1.82) is 0 Å². The van der Waals surface area contributed by atoms with E-state index in [0.717, 1.165) is 0 Å². The number of aromatic nitrogens is 2. The van der Waals surface area contributed by atoms with Crippen LogP contribution in [0.1, 0.15) is 23.0 Å². The van der Waals surface area contributed by atoms with Gasteiger partial charge in [-0.05, 0) is 18.6 Å². The highest BCUT2D eigenvalue weighted by atomic mass is 79.9. The van der Waals surface area contributed by atoms with Gasteiger partial charge >= 0.3 is 5.97 Å². The normalized spacial score (nSPS) is 10.7. The van der Waals surface area contributed by atoms with Crippen molar-refractivity contribution >= 4 is 45.1 Å². The summed E-state index contributed by atoms with van der Waals surface area (Å²) in [6.45, 7) is 1.75. The topological polar surface area (TPSA) is 72.2 Å². The lowest BCUT2D eigenvalue weighted by Crippen LogP contribution is -2.24. The van der Waals surface area contributed by atoms with Gasteiger partial charge in [-0.3, -0.25) is 4.79 Å². The van der Waals surface area contributed by atoms with Crippen LogP contribution in [0.5, 0.6) is 0 Å². The van der Waals surface area contributed by atoms with Crippen LogP contribution < -0.4 is 5.43 Å². The minimum atomic E-state index is -1.39. The van der Waals surface area contributed by atoms with Crippen LogP contribution in [0.2, 0.25) is 10.0 Å². The number of aryl methyl sites for hydroxylation is 1. The van der Waals surface area contributed by atoms with Crippen molar-refractivity contribution in [3.05, 3.63) is 54.3 Å². The average Bonchev–Trinajstić information content (AvgIpc) is 2.38. The molecule has 0 atom stereocenters.